The van der Waals surface area contributed by atoms with Crippen LogP contribution in [-0.4, -0.2) is 37.9 Å². The Morgan fingerprint density at radius 3 is 2.44 bits per heavy atom. The molecule has 0 radical (unpaired) electrons. The molecule has 0 fully saturated rings. The van der Waals surface area contributed by atoms with Crippen molar-refractivity contribution < 1.29 is 9.59 Å². The van der Waals surface area contributed by atoms with Crippen LogP contribution in [0.3, 0.4) is 0 Å². The van der Waals surface area contributed by atoms with Crippen molar-refractivity contribution in [2.75, 3.05) is 22.1 Å². The van der Waals surface area contributed by atoms with Gasteiger partial charge in [-0.15, -0.1) is 22.7 Å². The van der Waals surface area contributed by atoms with Crippen molar-refractivity contribution in [3.8, 4) is 0 Å². The molecule has 1 aliphatic rings. The second kappa shape index (κ2) is 12.4. The van der Waals surface area contributed by atoms with Gasteiger partial charge >= 0.3 is 0 Å². The fraction of sp³-hybridized carbons (Fsp3) is 0.323. The summed E-state index contributed by atoms with van der Waals surface area (Å²) in [6, 6.07) is 9.72. The van der Waals surface area contributed by atoms with Gasteiger partial charge in [0.15, 0.2) is 9.50 Å². The number of aryl methyl sites for hydroxylation is 5. The lowest BCUT2D eigenvalue weighted by molar-refractivity contribution is -0.114. The number of rotatable bonds is 8. The zero-order valence-corrected chi connectivity index (χ0v) is 27.6. The van der Waals surface area contributed by atoms with E-state index in [1.807, 2.05) is 39.0 Å². The van der Waals surface area contributed by atoms with Gasteiger partial charge in [0.05, 0.1) is 27.1 Å². The fourth-order valence-electron chi connectivity index (χ4n) is 5.45. The van der Waals surface area contributed by atoms with Gasteiger partial charge in [-0.05, 0) is 81.3 Å². The SMILES string of the molecule is Cc1cc(C)c(NC(=O)CSc2nc3ccc(NC(=O)CSc4nc5sc6c(c5c(=O)n4C)CCCC6)cc3s2)c(C)c1. The number of thiophene rings is 1. The molecular weight excluding hydrogens is 619 g/mol. The maximum atomic E-state index is 13.1. The van der Waals surface area contributed by atoms with E-state index in [1.165, 1.54) is 50.9 Å². The van der Waals surface area contributed by atoms with E-state index >= 15 is 0 Å². The number of benzene rings is 2. The van der Waals surface area contributed by atoms with Crippen LogP contribution in [0.15, 0.2) is 44.6 Å². The Balaban J connectivity index is 1.07. The Kier molecular flexibility index (Phi) is 8.63. The summed E-state index contributed by atoms with van der Waals surface area (Å²) in [4.78, 5) is 50.1. The molecule has 2 aromatic carbocycles. The average molecular weight is 650 g/mol. The molecule has 3 heterocycles. The summed E-state index contributed by atoms with van der Waals surface area (Å²) in [6.07, 6.45) is 4.21. The third-order valence-electron chi connectivity index (χ3n) is 7.41. The van der Waals surface area contributed by atoms with E-state index in [0.717, 1.165) is 67.3 Å². The van der Waals surface area contributed by atoms with E-state index in [9.17, 15) is 14.4 Å². The minimum atomic E-state index is -0.179. The van der Waals surface area contributed by atoms with Crippen LogP contribution < -0.4 is 16.2 Å². The first-order valence-corrected chi connectivity index (χ1v) is 17.6. The fourth-order valence-corrected chi connectivity index (χ4v) is 9.43. The number of anilines is 2. The zero-order valence-electron chi connectivity index (χ0n) is 24.3. The van der Waals surface area contributed by atoms with Gasteiger partial charge in [0, 0.05) is 23.3 Å². The number of hydrogen-bond acceptors (Lipinski definition) is 9. The smallest absolute Gasteiger partial charge is 0.262 e. The standard InChI is InChI=1S/C31H31N5O3S4/c1-16-11-17(2)27(18(3)12-16)34-25(38)15-41-31-33-21-10-9-19(13-23(21)43-31)32-24(37)14-40-30-35-28-26(29(39)36(30)4)20-7-5-6-8-22(20)42-28/h9-13H,5-8,14-15H2,1-4H3,(H,32,37)(H,34,38). The molecule has 5 aromatic rings. The quantitative estimate of drug-likeness (QED) is 0.140. The second-order valence-corrected chi connectivity index (χ2v) is 15.0. The molecule has 0 saturated carbocycles. The Bertz CT molecular complexity index is 1940. The summed E-state index contributed by atoms with van der Waals surface area (Å²) < 4.78 is 3.28. The molecule has 0 atom stereocenters. The average Bonchev–Trinajstić information content (AvgIpc) is 3.55. The van der Waals surface area contributed by atoms with Crippen LogP contribution in [0.1, 0.15) is 40.0 Å². The number of nitrogens with one attached hydrogen (secondary N) is 2. The van der Waals surface area contributed by atoms with Gasteiger partial charge in [0.25, 0.3) is 5.56 Å². The van der Waals surface area contributed by atoms with Gasteiger partial charge in [-0.2, -0.15) is 0 Å². The van der Waals surface area contributed by atoms with Crippen molar-refractivity contribution >= 4 is 89.8 Å². The number of amides is 2. The topological polar surface area (TPSA) is 106 Å². The first-order chi connectivity index (χ1) is 20.7. The van der Waals surface area contributed by atoms with Crippen LogP contribution in [0.2, 0.25) is 0 Å². The molecule has 1 aliphatic carbocycles. The van der Waals surface area contributed by atoms with Crippen LogP contribution in [0, 0.1) is 20.8 Å². The number of thioether (sulfide) groups is 2. The molecule has 12 heteroatoms. The van der Waals surface area contributed by atoms with Crippen molar-refractivity contribution in [1.82, 2.24) is 14.5 Å². The monoisotopic (exact) mass is 649 g/mol. The van der Waals surface area contributed by atoms with Crippen LogP contribution >= 0.6 is 46.2 Å². The molecule has 222 valence electrons. The molecule has 0 aliphatic heterocycles. The van der Waals surface area contributed by atoms with Crippen molar-refractivity contribution in [2.24, 2.45) is 7.05 Å². The Morgan fingerprint density at radius 2 is 1.65 bits per heavy atom. The summed E-state index contributed by atoms with van der Waals surface area (Å²) in [5, 5.41) is 7.28. The highest BCUT2D eigenvalue weighted by Gasteiger charge is 2.21. The van der Waals surface area contributed by atoms with Gasteiger partial charge in [-0.25, -0.2) is 9.97 Å². The molecular formula is C31H31N5O3S4. The van der Waals surface area contributed by atoms with Gasteiger partial charge in [0.2, 0.25) is 11.8 Å². The lowest BCUT2D eigenvalue weighted by Gasteiger charge is -2.12. The molecule has 0 bridgehead atoms. The molecule has 6 rings (SSSR count). The van der Waals surface area contributed by atoms with E-state index in [-0.39, 0.29) is 28.9 Å². The highest BCUT2D eigenvalue weighted by molar-refractivity contribution is 8.01. The summed E-state index contributed by atoms with van der Waals surface area (Å²) in [7, 11) is 1.73. The Labute approximate surface area is 265 Å². The van der Waals surface area contributed by atoms with Gasteiger partial charge in [-0.3, -0.25) is 19.0 Å². The number of carbonyl (C=O) groups excluding carboxylic acids is 2. The van der Waals surface area contributed by atoms with Crippen LogP contribution in [-0.2, 0) is 29.5 Å². The highest BCUT2D eigenvalue weighted by atomic mass is 32.2. The molecule has 2 amide bonds. The Hall–Kier alpha value is -3.19. The van der Waals surface area contributed by atoms with E-state index in [1.54, 1.807) is 23.0 Å². The van der Waals surface area contributed by atoms with Gasteiger partial charge < -0.3 is 10.6 Å². The molecule has 0 saturated heterocycles. The minimum absolute atomic E-state index is 0.0329. The maximum absolute atomic E-state index is 13.1. The molecule has 0 unspecified atom stereocenters. The third-order valence-corrected chi connectivity index (χ3v) is 11.8. The van der Waals surface area contributed by atoms with E-state index < -0.39 is 0 Å². The van der Waals surface area contributed by atoms with Crippen molar-refractivity contribution in [3.05, 3.63) is 67.8 Å². The summed E-state index contributed by atoms with van der Waals surface area (Å²) >= 11 is 5.77. The normalized spacial score (nSPS) is 12.9. The lowest BCUT2D eigenvalue weighted by Crippen LogP contribution is -2.21. The summed E-state index contributed by atoms with van der Waals surface area (Å²) in [5.41, 5.74) is 6.75. The van der Waals surface area contributed by atoms with Gasteiger partial charge in [0.1, 0.15) is 4.83 Å². The second-order valence-electron chi connectivity index (χ2n) is 10.8. The predicted octanol–water partition coefficient (Wildman–Crippen LogP) is 6.87. The maximum Gasteiger partial charge on any atom is 0.262 e. The number of nitrogens with zero attached hydrogens (tertiary/aromatic N) is 3. The third kappa shape index (κ3) is 6.38. The molecule has 43 heavy (non-hydrogen) atoms. The summed E-state index contributed by atoms with van der Waals surface area (Å²) in [5.74, 6) is 0.133. The van der Waals surface area contributed by atoms with E-state index in [0.29, 0.717) is 10.8 Å². The minimum Gasteiger partial charge on any atom is -0.325 e. The number of thiazole rings is 1. The molecule has 0 spiro atoms. The molecule has 2 N–H and O–H groups in total. The number of aromatic nitrogens is 3. The highest BCUT2D eigenvalue weighted by Crippen LogP contribution is 2.35. The first-order valence-electron chi connectivity index (χ1n) is 14.0. The molecule has 3 aromatic heterocycles. The van der Waals surface area contributed by atoms with Gasteiger partial charge in [-0.1, -0.05) is 41.2 Å². The lowest BCUT2D eigenvalue weighted by atomic mass is 9.97. The van der Waals surface area contributed by atoms with Crippen LogP contribution in [0.5, 0.6) is 0 Å². The zero-order chi connectivity index (χ0) is 30.2. The van der Waals surface area contributed by atoms with Crippen molar-refractivity contribution in [2.45, 2.75) is 56.0 Å². The van der Waals surface area contributed by atoms with Crippen molar-refractivity contribution in [3.63, 3.8) is 0 Å². The largest absolute Gasteiger partial charge is 0.325 e. The predicted molar refractivity (Wildman–Crippen MR) is 180 cm³/mol. The number of hydrogen-bond donors (Lipinski definition) is 2. The van der Waals surface area contributed by atoms with Crippen LogP contribution in [0.4, 0.5) is 11.4 Å². The number of fused-ring (bicyclic) bond motifs is 4. The molecule has 8 nitrogen and oxygen atoms in total. The van der Waals surface area contributed by atoms with Crippen LogP contribution in [0.25, 0.3) is 20.4 Å². The summed E-state index contributed by atoms with van der Waals surface area (Å²) in [6.45, 7) is 6.04. The van der Waals surface area contributed by atoms with E-state index in [2.05, 4.69) is 27.8 Å². The first kappa shape index (κ1) is 29.9. The number of carbonyl (C=O) groups is 2. The van der Waals surface area contributed by atoms with E-state index in [4.69, 9.17) is 4.98 Å². The Morgan fingerprint density at radius 1 is 0.930 bits per heavy atom. The van der Waals surface area contributed by atoms with Crippen molar-refractivity contribution in [1.29, 1.82) is 0 Å².